The fourth-order valence-corrected chi connectivity index (χ4v) is 2.36. The third kappa shape index (κ3) is 2.07. The van der Waals surface area contributed by atoms with Gasteiger partial charge >= 0.3 is 0 Å². The Morgan fingerprint density at radius 1 is 1.09 bits per heavy atom. The summed E-state index contributed by atoms with van der Waals surface area (Å²) in [5, 5.41) is 0. The molecule has 112 valence electrons. The predicted octanol–water partition coefficient (Wildman–Crippen LogP) is 3.38. The number of rotatable bonds is 3. The number of pyridine rings is 1. The summed E-state index contributed by atoms with van der Waals surface area (Å²) in [5.74, 6) is -4.13. The summed E-state index contributed by atoms with van der Waals surface area (Å²) in [5.41, 5.74) is 0.189. The molecule has 1 aromatic carbocycles. The monoisotopic (exact) mass is 302 g/mol. The molecule has 0 N–H and O–H groups in total. The van der Waals surface area contributed by atoms with Crippen molar-refractivity contribution < 1.29 is 18.4 Å². The van der Waals surface area contributed by atoms with Gasteiger partial charge in [-0.2, -0.15) is 8.78 Å². The Balaban J connectivity index is 2.05. The number of carbonyl (C=O) groups is 2. The third-order valence-electron chi connectivity index (χ3n) is 3.61. The first-order chi connectivity index (χ1) is 10.5. The van der Waals surface area contributed by atoms with Gasteiger partial charge in [0.2, 0.25) is 0 Å². The van der Waals surface area contributed by atoms with E-state index >= 15 is 0 Å². The first-order valence-electron chi connectivity index (χ1n) is 6.78. The van der Waals surface area contributed by atoms with E-state index in [9.17, 15) is 18.4 Å². The van der Waals surface area contributed by atoms with Gasteiger partial charge in [-0.25, -0.2) is 4.90 Å². The number of imide groups is 1. The highest BCUT2D eigenvalue weighted by molar-refractivity contribution is 6.34. The summed E-state index contributed by atoms with van der Waals surface area (Å²) >= 11 is 0. The topological polar surface area (TPSA) is 50.3 Å². The lowest BCUT2D eigenvalue weighted by atomic mass is 10.1. The van der Waals surface area contributed by atoms with Crippen molar-refractivity contribution in [2.75, 3.05) is 4.90 Å². The van der Waals surface area contributed by atoms with Gasteiger partial charge < -0.3 is 0 Å². The molecule has 0 bridgehead atoms. The van der Waals surface area contributed by atoms with Gasteiger partial charge in [0, 0.05) is 12.6 Å². The summed E-state index contributed by atoms with van der Waals surface area (Å²) in [7, 11) is 0. The van der Waals surface area contributed by atoms with Gasteiger partial charge in [0.25, 0.3) is 17.7 Å². The van der Waals surface area contributed by atoms with Crippen LogP contribution in [0.2, 0.25) is 0 Å². The minimum absolute atomic E-state index is 0.101. The first kappa shape index (κ1) is 14.3. The largest absolute Gasteiger partial charge is 0.289 e. The van der Waals surface area contributed by atoms with Crippen molar-refractivity contribution in [3.05, 3.63) is 59.4 Å². The number of carbonyl (C=O) groups excluding carboxylic acids is 2. The minimum atomic E-state index is -3.10. The van der Waals surface area contributed by atoms with Gasteiger partial charge in [0.15, 0.2) is 0 Å². The van der Waals surface area contributed by atoms with Crippen molar-refractivity contribution >= 4 is 17.5 Å². The molecule has 0 aliphatic carbocycles. The van der Waals surface area contributed by atoms with Gasteiger partial charge in [-0.15, -0.1) is 0 Å². The number of hydrogen-bond acceptors (Lipinski definition) is 3. The van der Waals surface area contributed by atoms with Crippen molar-refractivity contribution in [3.63, 3.8) is 0 Å². The Kier molecular flexibility index (Phi) is 3.24. The smallest absolute Gasteiger partial charge is 0.268 e. The second-order valence-corrected chi connectivity index (χ2v) is 4.95. The van der Waals surface area contributed by atoms with Gasteiger partial charge in [0.05, 0.1) is 16.8 Å². The van der Waals surface area contributed by atoms with E-state index < -0.39 is 29.9 Å². The molecule has 0 radical (unpaired) electrons. The third-order valence-corrected chi connectivity index (χ3v) is 3.61. The van der Waals surface area contributed by atoms with Gasteiger partial charge in [-0.05, 0) is 24.3 Å². The first-order valence-corrected chi connectivity index (χ1v) is 6.78. The molecule has 6 heteroatoms. The molecule has 0 unspecified atom stereocenters. The molecule has 0 atom stereocenters. The normalized spacial score (nSPS) is 14.4. The van der Waals surface area contributed by atoms with Crippen LogP contribution in [-0.4, -0.2) is 16.8 Å². The molecule has 0 fully saturated rings. The second-order valence-electron chi connectivity index (χ2n) is 4.95. The van der Waals surface area contributed by atoms with Crippen molar-refractivity contribution in [1.82, 2.24) is 4.98 Å². The Morgan fingerprint density at radius 3 is 2.23 bits per heavy atom. The molecule has 2 amide bonds. The van der Waals surface area contributed by atoms with E-state index in [1.165, 1.54) is 31.3 Å². The van der Waals surface area contributed by atoms with E-state index in [4.69, 9.17) is 0 Å². The zero-order valence-corrected chi connectivity index (χ0v) is 11.7. The van der Waals surface area contributed by atoms with E-state index in [1.54, 1.807) is 12.1 Å². The number of anilines is 1. The Bertz CT molecular complexity index is 739. The van der Waals surface area contributed by atoms with Gasteiger partial charge in [-0.3, -0.25) is 14.6 Å². The fourth-order valence-electron chi connectivity index (χ4n) is 2.36. The minimum Gasteiger partial charge on any atom is -0.268 e. The fraction of sp³-hybridized carbons (Fsp3) is 0.188. The average molecular weight is 302 g/mol. The SMILES string of the molecule is CCC(F)(F)c1cc(N2C(=O)c3ccccc3C2=O)ccn1. The molecule has 0 spiro atoms. The molecular formula is C16H12F2N2O2. The standard InChI is InChI=1S/C16H12F2N2O2/c1-2-16(17,18)13-9-10(7-8-19-13)20-14(21)11-5-3-4-6-12(11)15(20)22/h3-9H,2H2,1H3. The maximum atomic E-state index is 13.8. The molecule has 1 aromatic heterocycles. The number of aromatic nitrogens is 1. The van der Waals surface area contributed by atoms with Gasteiger partial charge in [-0.1, -0.05) is 19.1 Å². The van der Waals surface area contributed by atoms with Crippen LogP contribution in [0.4, 0.5) is 14.5 Å². The Morgan fingerprint density at radius 2 is 1.68 bits per heavy atom. The Labute approximate surface area is 125 Å². The van der Waals surface area contributed by atoms with Crippen molar-refractivity contribution in [3.8, 4) is 0 Å². The summed E-state index contributed by atoms with van der Waals surface area (Å²) in [6.07, 6.45) is 0.767. The summed E-state index contributed by atoms with van der Waals surface area (Å²) in [6, 6.07) is 8.84. The number of halogens is 2. The molecule has 0 saturated heterocycles. The van der Waals surface area contributed by atoms with E-state index in [-0.39, 0.29) is 16.8 Å². The van der Waals surface area contributed by atoms with Crippen LogP contribution in [0.5, 0.6) is 0 Å². The zero-order chi connectivity index (χ0) is 15.9. The summed E-state index contributed by atoms with van der Waals surface area (Å²) in [4.78, 5) is 29.2. The molecule has 2 heterocycles. The molecule has 1 aliphatic heterocycles. The van der Waals surface area contributed by atoms with Gasteiger partial charge in [0.1, 0.15) is 5.69 Å². The zero-order valence-electron chi connectivity index (χ0n) is 11.7. The molecular weight excluding hydrogens is 290 g/mol. The van der Waals surface area contributed by atoms with E-state index in [1.807, 2.05) is 0 Å². The quantitative estimate of drug-likeness (QED) is 0.817. The van der Waals surface area contributed by atoms with Crippen LogP contribution in [0.15, 0.2) is 42.6 Å². The molecule has 3 rings (SSSR count). The van der Waals surface area contributed by atoms with Crippen LogP contribution >= 0.6 is 0 Å². The van der Waals surface area contributed by atoms with Crippen LogP contribution < -0.4 is 4.90 Å². The van der Waals surface area contributed by atoms with E-state index in [0.29, 0.717) is 0 Å². The van der Waals surface area contributed by atoms with E-state index in [2.05, 4.69) is 4.98 Å². The maximum Gasteiger partial charge on any atom is 0.289 e. The molecule has 0 saturated carbocycles. The number of benzene rings is 1. The number of fused-ring (bicyclic) bond motifs is 1. The van der Waals surface area contributed by atoms with Crippen LogP contribution in [-0.2, 0) is 5.92 Å². The summed E-state index contributed by atoms with van der Waals surface area (Å²) in [6.45, 7) is 1.34. The lowest BCUT2D eigenvalue weighted by molar-refractivity contribution is -0.0127. The van der Waals surface area contributed by atoms with Crippen LogP contribution in [0.25, 0.3) is 0 Å². The lowest BCUT2D eigenvalue weighted by Crippen LogP contribution is -2.30. The maximum absolute atomic E-state index is 13.8. The van der Waals surface area contributed by atoms with Crippen molar-refractivity contribution in [2.45, 2.75) is 19.3 Å². The second kappa shape index (κ2) is 4.98. The van der Waals surface area contributed by atoms with Crippen LogP contribution in [0, 0.1) is 0 Å². The molecule has 4 nitrogen and oxygen atoms in total. The highest BCUT2D eigenvalue weighted by Crippen LogP contribution is 2.34. The molecule has 2 aromatic rings. The molecule has 22 heavy (non-hydrogen) atoms. The van der Waals surface area contributed by atoms with Crippen LogP contribution in [0.3, 0.4) is 0 Å². The van der Waals surface area contributed by atoms with Crippen LogP contribution in [0.1, 0.15) is 39.8 Å². The number of amides is 2. The van der Waals surface area contributed by atoms with Crippen molar-refractivity contribution in [2.24, 2.45) is 0 Å². The van der Waals surface area contributed by atoms with E-state index in [0.717, 1.165) is 11.0 Å². The Hall–Kier alpha value is -2.63. The summed E-state index contributed by atoms with van der Waals surface area (Å²) < 4.78 is 27.5. The predicted molar refractivity (Wildman–Crippen MR) is 76.0 cm³/mol. The highest BCUT2D eigenvalue weighted by Gasteiger charge is 2.38. The van der Waals surface area contributed by atoms with Crippen molar-refractivity contribution in [1.29, 1.82) is 0 Å². The highest BCUT2D eigenvalue weighted by atomic mass is 19.3. The average Bonchev–Trinajstić information content (AvgIpc) is 2.79. The number of hydrogen-bond donors (Lipinski definition) is 0. The lowest BCUT2D eigenvalue weighted by Gasteiger charge is -2.18. The number of nitrogens with zero attached hydrogens (tertiary/aromatic N) is 2. The number of alkyl halides is 2. The molecule has 1 aliphatic rings.